The van der Waals surface area contributed by atoms with Crippen LogP contribution in [0.3, 0.4) is 0 Å². The predicted molar refractivity (Wildman–Crippen MR) is 76.8 cm³/mol. The lowest BCUT2D eigenvalue weighted by Crippen LogP contribution is -2.54. The molecule has 21 heavy (non-hydrogen) atoms. The Balaban J connectivity index is 3.02. The summed E-state index contributed by atoms with van der Waals surface area (Å²) in [4.78, 5) is 22.8. The van der Waals surface area contributed by atoms with Crippen LogP contribution in [-0.2, 0) is 19.8 Å². The number of piperidine rings is 1. The topological polar surface area (TPSA) is 107 Å². The van der Waals surface area contributed by atoms with Crippen LogP contribution in [0, 0.1) is 0 Å². The van der Waals surface area contributed by atoms with Gasteiger partial charge in [0.15, 0.2) is 0 Å². The number of likely N-dealkylation sites (N-methyl/N-ethyl adjacent to an activating group) is 1. The van der Waals surface area contributed by atoms with E-state index in [-0.39, 0.29) is 19.6 Å². The fourth-order valence-electron chi connectivity index (χ4n) is 2.34. The normalized spacial score (nSPS) is 20.4. The van der Waals surface area contributed by atoms with Crippen molar-refractivity contribution in [1.29, 1.82) is 0 Å². The second-order valence-corrected chi connectivity index (χ2v) is 6.86. The van der Waals surface area contributed by atoms with Crippen molar-refractivity contribution >= 4 is 22.1 Å². The third kappa shape index (κ3) is 4.39. The molecule has 0 aliphatic carbocycles. The summed E-state index contributed by atoms with van der Waals surface area (Å²) >= 11 is 0. The fourth-order valence-corrected chi connectivity index (χ4v) is 4.21. The lowest BCUT2D eigenvalue weighted by atomic mass is 10.1. The maximum Gasteiger partial charge on any atom is 0.322 e. The second kappa shape index (κ2) is 7.71. The van der Waals surface area contributed by atoms with Crippen LogP contribution in [0.1, 0.15) is 32.6 Å². The van der Waals surface area contributed by atoms with Crippen molar-refractivity contribution in [3.8, 4) is 0 Å². The molecule has 0 aromatic rings. The molecule has 1 fully saturated rings. The molecular weight excluding hydrogens is 298 g/mol. The molecule has 1 rings (SSSR count). The Morgan fingerprint density at radius 3 is 2.57 bits per heavy atom. The van der Waals surface area contributed by atoms with Gasteiger partial charge >= 0.3 is 5.97 Å². The number of carbonyl (C=O) groups is 2. The van der Waals surface area contributed by atoms with Gasteiger partial charge in [-0.3, -0.25) is 9.59 Å². The summed E-state index contributed by atoms with van der Waals surface area (Å²) in [7, 11) is -2.53. The average Bonchev–Trinajstić information content (AvgIpc) is 2.46. The van der Waals surface area contributed by atoms with Crippen LogP contribution in [0.4, 0.5) is 0 Å². The Kier molecular flexibility index (Phi) is 6.56. The van der Waals surface area contributed by atoms with E-state index in [0.717, 1.165) is 8.61 Å². The highest BCUT2D eigenvalue weighted by Crippen LogP contribution is 2.23. The van der Waals surface area contributed by atoms with Gasteiger partial charge in [-0.1, -0.05) is 6.92 Å². The monoisotopic (exact) mass is 321 g/mol. The van der Waals surface area contributed by atoms with Crippen molar-refractivity contribution in [3.05, 3.63) is 0 Å². The highest BCUT2D eigenvalue weighted by Gasteiger charge is 2.40. The summed E-state index contributed by atoms with van der Waals surface area (Å²) in [5.74, 6) is -1.56. The van der Waals surface area contributed by atoms with Crippen LogP contribution >= 0.6 is 0 Å². The number of amides is 1. The Bertz CT molecular complexity index is 479. The van der Waals surface area contributed by atoms with Gasteiger partial charge in [0.25, 0.3) is 10.2 Å². The molecule has 0 aromatic carbocycles. The van der Waals surface area contributed by atoms with Crippen molar-refractivity contribution in [2.45, 2.75) is 38.6 Å². The first-order valence-corrected chi connectivity index (χ1v) is 8.44. The predicted octanol–water partition coefficient (Wildman–Crippen LogP) is -0.372. The molecule has 0 spiro atoms. The lowest BCUT2D eigenvalue weighted by Gasteiger charge is -2.35. The van der Waals surface area contributed by atoms with Gasteiger partial charge in [0.2, 0.25) is 5.91 Å². The summed E-state index contributed by atoms with van der Waals surface area (Å²) in [6.45, 7) is 1.86. The van der Waals surface area contributed by atoms with Crippen molar-refractivity contribution < 1.29 is 23.1 Å². The van der Waals surface area contributed by atoms with Gasteiger partial charge in [-0.2, -0.15) is 17.0 Å². The molecule has 1 unspecified atom stereocenters. The first-order chi connectivity index (χ1) is 9.84. The van der Waals surface area contributed by atoms with Crippen LogP contribution in [0.15, 0.2) is 0 Å². The van der Waals surface area contributed by atoms with E-state index >= 15 is 0 Å². The number of rotatable bonds is 7. The van der Waals surface area contributed by atoms with E-state index in [9.17, 15) is 23.1 Å². The minimum absolute atomic E-state index is 0.174. The second-order valence-electron chi connectivity index (χ2n) is 4.98. The summed E-state index contributed by atoms with van der Waals surface area (Å²) < 4.78 is 27.4. The minimum Gasteiger partial charge on any atom is -0.480 e. The summed E-state index contributed by atoms with van der Waals surface area (Å²) in [6, 6.07) is -1.05. The van der Waals surface area contributed by atoms with Crippen molar-refractivity contribution in [2.75, 3.05) is 26.7 Å². The van der Waals surface area contributed by atoms with Crippen molar-refractivity contribution in [2.24, 2.45) is 0 Å². The molecule has 1 saturated heterocycles. The third-order valence-corrected chi connectivity index (χ3v) is 5.43. The number of hydrogen-bond acceptors (Lipinski definition) is 4. The summed E-state index contributed by atoms with van der Waals surface area (Å²) in [6.07, 6.45) is 2.16. The van der Waals surface area contributed by atoms with Gasteiger partial charge < -0.3 is 10.4 Å². The van der Waals surface area contributed by atoms with E-state index in [4.69, 9.17) is 0 Å². The van der Waals surface area contributed by atoms with Crippen LogP contribution in [0.5, 0.6) is 0 Å². The van der Waals surface area contributed by atoms with E-state index in [1.54, 1.807) is 6.92 Å². The van der Waals surface area contributed by atoms with Gasteiger partial charge in [0.1, 0.15) is 6.04 Å². The summed E-state index contributed by atoms with van der Waals surface area (Å²) in [5.41, 5.74) is 0. The summed E-state index contributed by atoms with van der Waals surface area (Å²) in [5, 5.41) is 11.6. The number of carbonyl (C=O) groups excluding carboxylic acids is 1. The SMILES string of the molecule is CCCN(CC(=O)NC)S(=O)(=O)N1CCCCC1C(=O)O. The molecule has 1 aliphatic heterocycles. The average molecular weight is 321 g/mol. The Hall–Kier alpha value is -1.19. The molecular formula is C12H23N3O5S. The largest absolute Gasteiger partial charge is 0.480 e. The number of aliphatic carboxylic acids is 1. The molecule has 0 radical (unpaired) electrons. The van der Waals surface area contributed by atoms with Crippen molar-refractivity contribution in [1.82, 2.24) is 13.9 Å². The number of carboxylic acid groups (broad SMARTS) is 1. The molecule has 2 N–H and O–H groups in total. The van der Waals surface area contributed by atoms with Crippen LogP contribution in [0.2, 0.25) is 0 Å². The third-order valence-electron chi connectivity index (χ3n) is 3.43. The molecule has 0 saturated carbocycles. The highest BCUT2D eigenvalue weighted by molar-refractivity contribution is 7.86. The van der Waals surface area contributed by atoms with E-state index in [1.807, 2.05) is 0 Å². The highest BCUT2D eigenvalue weighted by atomic mass is 32.2. The maximum absolute atomic E-state index is 12.7. The molecule has 0 bridgehead atoms. The van der Waals surface area contributed by atoms with E-state index in [2.05, 4.69) is 5.32 Å². The molecule has 8 nitrogen and oxygen atoms in total. The maximum atomic E-state index is 12.7. The minimum atomic E-state index is -3.96. The Morgan fingerprint density at radius 1 is 1.38 bits per heavy atom. The molecule has 122 valence electrons. The molecule has 0 aromatic heterocycles. The van der Waals surface area contributed by atoms with Crippen LogP contribution in [0.25, 0.3) is 0 Å². The fraction of sp³-hybridized carbons (Fsp3) is 0.833. The van der Waals surface area contributed by atoms with E-state index < -0.39 is 28.1 Å². The molecule has 1 heterocycles. The zero-order valence-corrected chi connectivity index (χ0v) is 13.2. The molecule has 1 amide bonds. The molecule has 9 heteroatoms. The zero-order chi connectivity index (χ0) is 16.0. The zero-order valence-electron chi connectivity index (χ0n) is 12.4. The van der Waals surface area contributed by atoms with Crippen LogP contribution in [-0.4, -0.2) is 66.7 Å². The molecule has 1 atom stereocenters. The van der Waals surface area contributed by atoms with Gasteiger partial charge in [-0.05, 0) is 25.7 Å². The van der Waals surface area contributed by atoms with Gasteiger partial charge in [-0.15, -0.1) is 0 Å². The van der Waals surface area contributed by atoms with Crippen molar-refractivity contribution in [3.63, 3.8) is 0 Å². The number of nitrogens with one attached hydrogen (secondary N) is 1. The first kappa shape index (κ1) is 17.9. The number of nitrogens with zero attached hydrogens (tertiary/aromatic N) is 2. The van der Waals surface area contributed by atoms with Crippen LogP contribution < -0.4 is 5.32 Å². The van der Waals surface area contributed by atoms with E-state index in [0.29, 0.717) is 25.7 Å². The number of hydrogen-bond donors (Lipinski definition) is 2. The standard InChI is InChI=1S/C12H23N3O5S/c1-3-7-14(9-11(16)13-2)21(19,20)15-8-5-4-6-10(15)12(17)18/h10H,3-9H2,1-2H3,(H,13,16)(H,17,18). The smallest absolute Gasteiger partial charge is 0.322 e. The number of carboxylic acids is 1. The first-order valence-electron chi connectivity index (χ1n) is 7.04. The lowest BCUT2D eigenvalue weighted by molar-refractivity contribution is -0.142. The van der Waals surface area contributed by atoms with E-state index in [1.165, 1.54) is 7.05 Å². The Labute approximate surface area is 125 Å². The Morgan fingerprint density at radius 2 is 2.05 bits per heavy atom. The quantitative estimate of drug-likeness (QED) is 0.665. The molecule has 1 aliphatic rings. The van der Waals surface area contributed by atoms with Gasteiger partial charge in [0.05, 0.1) is 6.54 Å². The van der Waals surface area contributed by atoms with Gasteiger partial charge in [0, 0.05) is 20.1 Å². The van der Waals surface area contributed by atoms with Gasteiger partial charge in [-0.25, -0.2) is 0 Å².